The Hall–Kier alpha value is -0.930. The summed E-state index contributed by atoms with van der Waals surface area (Å²) in [6.45, 7) is 2.81. The first-order chi connectivity index (χ1) is 9.13. The Morgan fingerprint density at radius 2 is 2.21 bits per heavy atom. The lowest BCUT2D eigenvalue weighted by molar-refractivity contribution is 0.367. The maximum absolute atomic E-state index is 10.1. The molecule has 19 heavy (non-hydrogen) atoms. The molecule has 1 saturated carbocycles. The van der Waals surface area contributed by atoms with Crippen LogP contribution in [0.1, 0.15) is 38.2 Å². The molecule has 1 unspecified atom stereocenters. The molecule has 0 saturated heterocycles. The van der Waals surface area contributed by atoms with Crippen molar-refractivity contribution in [3.8, 4) is 11.5 Å². The molecule has 2 N–H and O–H groups in total. The number of benzene rings is 1. The fourth-order valence-corrected chi connectivity index (χ4v) is 2.55. The minimum atomic E-state index is 0.181. The van der Waals surface area contributed by atoms with Crippen molar-refractivity contribution >= 4 is 11.6 Å². The van der Waals surface area contributed by atoms with Crippen molar-refractivity contribution in [3.63, 3.8) is 0 Å². The number of hydrogen-bond acceptors (Lipinski definition) is 3. The highest BCUT2D eigenvalue weighted by molar-refractivity contribution is 6.30. The molecular weight excluding hydrogens is 262 g/mol. The van der Waals surface area contributed by atoms with Crippen LogP contribution in [0.5, 0.6) is 11.5 Å². The van der Waals surface area contributed by atoms with E-state index in [1.807, 2.05) is 0 Å². The van der Waals surface area contributed by atoms with Crippen molar-refractivity contribution < 1.29 is 9.84 Å². The van der Waals surface area contributed by atoms with Gasteiger partial charge in [0, 0.05) is 29.2 Å². The van der Waals surface area contributed by atoms with Crippen molar-refractivity contribution in [1.82, 2.24) is 5.32 Å². The van der Waals surface area contributed by atoms with Gasteiger partial charge >= 0.3 is 0 Å². The lowest BCUT2D eigenvalue weighted by atomic mass is 10.1. The molecular formula is C15H22ClNO2. The summed E-state index contributed by atoms with van der Waals surface area (Å²) in [4.78, 5) is 0. The molecule has 0 amide bonds. The maximum atomic E-state index is 10.1. The van der Waals surface area contributed by atoms with Crippen LogP contribution in [0, 0.1) is 5.92 Å². The van der Waals surface area contributed by atoms with Gasteiger partial charge in [-0.15, -0.1) is 0 Å². The number of phenolic OH excluding ortho intramolecular Hbond substituents is 1. The van der Waals surface area contributed by atoms with Gasteiger partial charge in [-0.05, 0) is 24.8 Å². The van der Waals surface area contributed by atoms with Crippen LogP contribution < -0.4 is 10.1 Å². The SMILES string of the molecule is CCC(CC1CC1)NCc1cc(Cl)cc(OC)c1O. The number of phenols is 1. The highest BCUT2D eigenvalue weighted by atomic mass is 35.5. The number of ether oxygens (including phenoxy) is 1. The minimum Gasteiger partial charge on any atom is -0.504 e. The molecule has 106 valence electrons. The number of rotatable bonds is 7. The maximum Gasteiger partial charge on any atom is 0.162 e. The van der Waals surface area contributed by atoms with Crippen molar-refractivity contribution in [1.29, 1.82) is 0 Å². The second kappa shape index (κ2) is 6.49. The van der Waals surface area contributed by atoms with Gasteiger partial charge in [-0.1, -0.05) is 31.4 Å². The van der Waals surface area contributed by atoms with Crippen LogP contribution in [0.3, 0.4) is 0 Å². The lowest BCUT2D eigenvalue weighted by Crippen LogP contribution is -2.28. The van der Waals surface area contributed by atoms with Crippen molar-refractivity contribution in [2.24, 2.45) is 5.92 Å². The van der Waals surface area contributed by atoms with Crippen LogP contribution in [0.25, 0.3) is 0 Å². The summed E-state index contributed by atoms with van der Waals surface area (Å²) in [6, 6.07) is 3.93. The number of nitrogens with one attached hydrogen (secondary N) is 1. The lowest BCUT2D eigenvalue weighted by Gasteiger charge is -2.18. The molecule has 1 aliphatic rings. The van der Waals surface area contributed by atoms with E-state index in [-0.39, 0.29) is 5.75 Å². The van der Waals surface area contributed by atoms with Crippen molar-refractivity contribution in [3.05, 3.63) is 22.7 Å². The standard InChI is InChI=1S/C15H22ClNO2/c1-3-13(6-10-4-5-10)17-9-11-7-12(16)8-14(19-2)15(11)18/h7-8,10,13,17-18H,3-6,9H2,1-2H3. The molecule has 1 aliphatic carbocycles. The molecule has 0 heterocycles. The Labute approximate surface area is 119 Å². The van der Waals surface area contributed by atoms with Crippen LogP contribution in [-0.2, 0) is 6.54 Å². The minimum absolute atomic E-state index is 0.181. The van der Waals surface area contributed by atoms with E-state index >= 15 is 0 Å². The van der Waals surface area contributed by atoms with Crippen LogP contribution in [0.4, 0.5) is 0 Å². The summed E-state index contributed by atoms with van der Waals surface area (Å²) in [5, 5.41) is 14.2. The summed E-state index contributed by atoms with van der Waals surface area (Å²) in [7, 11) is 1.53. The molecule has 1 aromatic rings. The average Bonchev–Trinajstić information content (AvgIpc) is 3.21. The fourth-order valence-electron chi connectivity index (χ4n) is 2.32. The molecule has 0 spiro atoms. The van der Waals surface area contributed by atoms with Gasteiger partial charge in [0.15, 0.2) is 11.5 Å². The molecule has 0 radical (unpaired) electrons. The van der Waals surface area contributed by atoms with Gasteiger partial charge in [0.05, 0.1) is 7.11 Å². The molecule has 2 rings (SSSR count). The molecule has 3 nitrogen and oxygen atoms in total. The zero-order chi connectivity index (χ0) is 13.8. The summed E-state index contributed by atoms with van der Waals surface area (Å²) < 4.78 is 5.11. The quantitative estimate of drug-likeness (QED) is 0.801. The highest BCUT2D eigenvalue weighted by Crippen LogP contribution is 2.35. The molecule has 4 heteroatoms. The zero-order valence-corrected chi connectivity index (χ0v) is 12.3. The Bertz CT molecular complexity index is 432. The van der Waals surface area contributed by atoms with Crippen LogP contribution in [0.15, 0.2) is 12.1 Å². The van der Waals surface area contributed by atoms with E-state index in [2.05, 4.69) is 12.2 Å². The third-order valence-corrected chi connectivity index (χ3v) is 3.95. The van der Waals surface area contributed by atoms with Crippen molar-refractivity contribution in [2.75, 3.05) is 7.11 Å². The molecule has 0 bridgehead atoms. The highest BCUT2D eigenvalue weighted by Gasteiger charge is 2.24. The molecule has 1 fully saturated rings. The van der Waals surface area contributed by atoms with Crippen LogP contribution in [0.2, 0.25) is 5.02 Å². The number of methoxy groups -OCH3 is 1. The second-order valence-corrected chi connectivity index (χ2v) is 5.72. The predicted molar refractivity (Wildman–Crippen MR) is 77.9 cm³/mol. The zero-order valence-electron chi connectivity index (χ0n) is 11.6. The largest absolute Gasteiger partial charge is 0.504 e. The van der Waals surface area contributed by atoms with Gasteiger partial charge in [-0.25, -0.2) is 0 Å². The summed E-state index contributed by atoms with van der Waals surface area (Å²) >= 11 is 6.03. The molecule has 0 aromatic heterocycles. The normalized spacial score (nSPS) is 16.4. The van der Waals surface area contributed by atoms with E-state index in [9.17, 15) is 5.11 Å². The molecule has 0 aliphatic heterocycles. The van der Waals surface area contributed by atoms with E-state index in [0.717, 1.165) is 17.9 Å². The third-order valence-electron chi connectivity index (χ3n) is 3.73. The number of aromatic hydroxyl groups is 1. The summed E-state index contributed by atoms with van der Waals surface area (Å²) in [6.07, 6.45) is 5.08. The Balaban J connectivity index is 1.99. The van der Waals surface area contributed by atoms with E-state index in [4.69, 9.17) is 16.3 Å². The monoisotopic (exact) mass is 283 g/mol. The van der Waals surface area contributed by atoms with Gasteiger partial charge < -0.3 is 15.2 Å². The Morgan fingerprint density at radius 3 is 2.79 bits per heavy atom. The predicted octanol–water partition coefficient (Wildman–Crippen LogP) is 3.72. The first-order valence-electron chi connectivity index (χ1n) is 6.92. The average molecular weight is 284 g/mol. The van der Waals surface area contributed by atoms with Gasteiger partial charge in [0.2, 0.25) is 0 Å². The first kappa shape index (κ1) is 14.5. The topological polar surface area (TPSA) is 41.5 Å². The third kappa shape index (κ3) is 4.02. The second-order valence-electron chi connectivity index (χ2n) is 5.28. The fraction of sp³-hybridized carbons (Fsp3) is 0.600. The molecule has 1 aromatic carbocycles. The van der Waals surface area contributed by atoms with Crippen LogP contribution >= 0.6 is 11.6 Å². The summed E-state index contributed by atoms with van der Waals surface area (Å²) in [5.74, 6) is 1.51. The van der Waals surface area contributed by atoms with Gasteiger partial charge in [0.1, 0.15) is 0 Å². The van der Waals surface area contributed by atoms with Crippen LogP contribution in [-0.4, -0.2) is 18.3 Å². The summed E-state index contributed by atoms with van der Waals surface area (Å²) in [5.41, 5.74) is 0.790. The van der Waals surface area contributed by atoms with E-state index in [1.165, 1.54) is 26.4 Å². The van der Waals surface area contributed by atoms with Gasteiger partial charge in [-0.3, -0.25) is 0 Å². The van der Waals surface area contributed by atoms with E-state index < -0.39 is 0 Å². The van der Waals surface area contributed by atoms with Crippen molar-refractivity contribution in [2.45, 2.75) is 45.2 Å². The first-order valence-corrected chi connectivity index (χ1v) is 7.30. The Kier molecular flexibility index (Phi) is 4.94. The van der Waals surface area contributed by atoms with Gasteiger partial charge in [-0.2, -0.15) is 0 Å². The number of halogens is 1. The molecule has 1 atom stereocenters. The Morgan fingerprint density at radius 1 is 1.47 bits per heavy atom. The van der Waals surface area contributed by atoms with E-state index in [0.29, 0.717) is 23.4 Å². The number of hydrogen-bond donors (Lipinski definition) is 2. The smallest absolute Gasteiger partial charge is 0.162 e. The van der Waals surface area contributed by atoms with Gasteiger partial charge in [0.25, 0.3) is 0 Å². The van der Waals surface area contributed by atoms with E-state index in [1.54, 1.807) is 12.1 Å².